The van der Waals surface area contributed by atoms with E-state index < -0.39 is 11.3 Å². The van der Waals surface area contributed by atoms with Crippen LogP contribution in [0, 0.1) is 5.41 Å². The molecule has 2 amide bonds. The van der Waals surface area contributed by atoms with E-state index in [4.69, 9.17) is 27.8 Å². The van der Waals surface area contributed by atoms with Gasteiger partial charge >= 0.3 is 0 Å². The van der Waals surface area contributed by atoms with Gasteiger partial charge < -0.3 is 21.5 Å². The Morgan fingerprint density at radius 1 is 1.32 bits per heavy atom. The van der Waals surface area contributed by atoms with Crippen LogP contribution in [0.15, 0.2) is 18.2 Å². The monoisotopic (exact) mass is 347 g/mol. The zero-order chi connectivity index (χ0) is 15.5. The third-order valence-corrected chi connectivity index (χ3v) is 4.14. The second kappa shape index (κ2) is 7.78. The highest BCUT2D eigenvalue weighted by Gasteiger charge is 2.38. The first-order valence-electron chi connectivity index (χ1n) is 6.67. The van der Waals surface area contributed by atoms with Crippen molar-refractivity contribution in [3.8, 4) is 0 Å². The molecule has 0 saturated carbocycles. The molecule has 0 bridgehead atoms. The predicted octanol–water partition coefficient (Wildman–Crippen LogP) is 1.55. The second-order valence-corrected chi connectivity index (χ2v) is 5.52. The lowest BCUT2D eigenvalue weighted by Gasteiger charge is -2.34. The lowest BCUT2D eigenvalue weighted by molar-refractivity contribution is -0.130. The lowest BCUT2D eigenvalue weighted by atomic mass is 9.79. The zero-order valence-corrected chi connectivity index (χ0v) is 13.5. The van der Waals surface area contributed by atoms with Gasteiger partial charge in [-0.1, -0.05) is 11.6 Å². The minimum absolute atomic E-state index is 0. The molecule has 1 heterocycles. The van der Waals surface area contributed by atoms with Crippen LogP contribution in [-0.2, 0) is 9.53 Å². The number of hydrogen-bond donors (Lipinski definition) is 3. The van der Waals surface area contributed by atoms with E-state index in [2.05, 4.69) is 5.32 Å². The second-order valence-electron chi connectivity index (χ2n) is 5.11. The van der Waals surface area contributed by atoms with Crippen molar-refractivity contribution in [1.82, 2.24) is 0 Å². The standard InChI is InChI=1S/C14H18ClN3O3.ClH/c15-11-2-1-9(7-10(11)12(17)19)18-13(20)14(8-16)3-5-21-6-4-14;/h1-2,7H,3-6,8,16H2,(H2,17,19)(H,18,20);1H. The van der Waals surface area contributed by atoms with Crippen molar-refractivity contribution in [3.63, 3.8) is 0 Å². The molecule has 22 heavy (non-hydrogen) atoms. The predicted molar refractivity (Wildman–Crippen MR) is 87.4 cm³/mol. The van der Waals surface area contributed by atoms with Gasteiger partial charge in [-0.25, -0.2) is 0 Å². The third-order valence-electron chi connectivity index (χ3n) is 3.81. The SMILES string of the molecule is Cl.NCC1(C(=O)Nc2ccc(Cl)c(C(N)=O)c2)CCOCC1. The molecule has 5 N–H and O–H groups in total. The molecule has 0 aromatic heterocycles. The highest BCUT2D eigenvalue weighted by Crippen LogP contribution is 2.31. The van der Waals surface area contributed by atoms with Crippen LogP contribution in [0.4, 0.5) is 5.69 Å². The van der Waals surface area contributed by atoms with Crippen molar-refractivity contribution in [1.29, 1.82) is 0 Å². The average Bonchev–Trinajstić information content (AvgIpc) is 2.49. The summed E-state index contributed by atoms with van der Waals surface area (Å²) >= 11 is 5.88. The van der Waals surface area contributed by atoms with Crippen LogP contribution in [-0.4, -0.2) is 31.6 Å². The van der Waals surface area contributed by atoms with Gasteiger partial charge in [0.15, 0.2) is 0 Å². The molecule has 0 aliphatic carbocycles. The molecule has 0 unspecified atom stereocenters. The highest BCUT2D eigenvalue weighted by atomic mass is 35.5. The van der Waals surface area contributed by atoms with Gasteiger partial charge in [0.2, 0.25) is 11.8 Å². The largest absolute Gasteiger partial charge is 0.381 e. The number of carbonyl (C=O) groups is 2. The van der Waals surface area contributed by atoms with Crippen LogP contribution < -0.4 is 16.8 Å². The minimum Gasteiger partial charge on any atom is -0.381 e. The molecule has 0 atom stereocenters. The summed E-state index contributed by atoms with van der Waals surface area (Å²) in [6.45, 7) is 1.27. The number of carbonyl (C=O) groups excluding carboxylic acids is 2. The third kappa shape index (κ3) is 3.89. The molecule has 0 spiro atoms. The number of halogens is 2. The lowest BCUT2D eigenvalue weighted by Crippen LogP contribution is -2.46. The molecular weight excluding hydrogens is 329 g/mol. The summed E-state index contributed by atoms with van der Waals surface area (Å²) in [6, 6.07) is 4.61. The smallest absolute Gasteiger partial charge is 0.250 e. The van der Waals surface area contributed by atoms with Crippen LogP contribution in [0.25, 0.3) is 0 Å². The number of anilines is 1. The number of ether oxygens (including phenoxy) is 1. The van der Waals surface area contributed by atoms with E-state index in [0.717, 1.165) is 0 Å². The fourth-order valence-electron chi connectivity index (χ4n) is 2.34. The summed E-state index contributed by atoms with van der Waals surface area (Å²) in [5.41, 5.74) is 11.0. The van der Waals surface area contributed by atoms with Crippen molar-refractivity contribution in [2.75, 3.05) is 25.1 Å². The van der Waals surface area contributed by atoms with Crippen LogP contribution in [0.2, 0.25) is 5.02 Å². The molecule has 1 fully saturated rings. The summed E-state index contributed by atoms with van der Waals surface area (Å²) in [7, 11) is 0. The Balaban J connectivity index is 0.00000242. The topological polar surface area (TPSA) is 107 Å². The van der Waals surface area contributed by atoms with E-state index in [1.165, 1.54) is 12.1 Å². The van der Waals surface area contributed by atoms with Crippen molar-refractivity contribution < 1.29 is 14.3 Å². The quantitative estimate of drug-likeness (QED) is 0.767. The van der Waals surface area contributed by atoms with Crippen molar-refractivity contribution in [2.45, 2.75) is 12.8 Å². The van der Waals surface area contributed by atoms with Crippen LogP contribution in [0.1, 0.15) is 23.2 Å². The molecule has 8 heteroatoms. The normalized spacial score (nSPS) is 16.5. The average molecular weight is 348 g/mol. The first-order chi connectivity index (χ1) is 9.98. The number of amides is 2. The first-order valence-corrected chi connectivity index (χ1v) is 7.05. The molecule has 1 aliphatic heterocycles. The van der Waals surface area contributed by atoms with Crippen LogP contribution in [0.5, 0.6) is 0 Å². The molecule has 122 valence electrons. The molecule has 1 saturated heterocycles. The maximum atomic E-state index is 12.5. The number of rotatable bonds is 4. The summed E-state index contributed by atoms with van der Waals surface area (Å²) in [5, 5.41) is 3.04. The number of primary amides is 1. The van der Waals surface area contributed by atoms with Gasteiger partial charge in [0, 0.05) is 25.4 Å². The number of nitrogens with two attached hydrogens (primary N) is 2. The maximum Gasteiger partial charge on any atom is 0.250 e. The highest BCUT2D eigenvalue weighted by molar-refractivity contribution is 6.34. The summed E-state index contributed by atoms with van der Waals surface area (Å²) in [4.78, 5) is 23.8. The van der Waals surface area contributed by atoms with Gasteiger partial charge in [-0.15, -0.1) is 12.4 Å². The summed E-state index contributed by atoms with van der Waals surface area (Å²) in [6.07, 6.45) is 1.15. The Hall–Kier alpha value is -1.34. The van der Waals surface area contributed by atoms with Crippen molar-refractivity contribution in [2.24, 2.45) is 16.9 Å². The van der Waals surface area contributed by atoms with Gasteiger partial charge in [0.1, 0.15) is 0 Å². The van der Waals surface area contributed by atoms with Crippen molar-refractivity contribution >= 4 is 41.5 Å². The summed E-state index contributed by atoms with van der Waals surface area (Å²) in [5.74, 6) is -0.818. The molecule has 1 aromatic rings. The van der Waals surface area contributed by atoms with E-state index >= 15 is 0 Å². The number of nitrogens with one attached hydrogen (secondary N) is 1. The first kappa shape index (κ1) is 18.7. The molecule has 1 aliphatic rings. The molecule has 6 nitrogen and oxygen atoms in total. The van der Waals surface area contributed by atoms with Gasteiger partial charge in [-0.05, 0) is 31.0 Å². The van der Waals surface area contributed by atoms with Crippen LogP contribution >= 0.6 is 24.0 Å². The Labute approximate surface area is 139 Å². The van der Waals surface area contributed by atoms with Crippen LogP contribution in [0.3, 0.4) is 0 Å². The Kier molecular flexibility index (Phi) is 6.62. The van der Waals surface area contributed by atoms with Crippen molar-refractivity contribution in [3.05, 3.63) is 28.8 Å². The molecule has 0 radical (unpaired) electrons. The Morgan fingerprint density at radius 2 is 1.95 bits per heavy atom. The minimum atomic E-state index is -0.643. The van der Waals surface area contributed by atoms with E-state index in [1.54, 1.807) is 6.07 Å². The Bertz CT molecular complexity index is 560. The van der Waals surface area contributed by atoms with E-state index in [-0.39, 0.29) is 35.4 Å². The fraction of sp³-hybridized carbons (Fsp3) is 0.429. The van der Waals surface area contributed by atoms with Gasteiger partial charge in [-0.2, -0.15) is 0 Å². The zero-order valence-electron chi connectivity index (χ0n) is 11.9. The Morgan fingerprint density at radius 3 is 2.50 bits per heavy atom. The summed E-state index contributed by atoms with van der Waals surface area (Å²) < 4.78 is 5.28. The number of hydrogen-bond acceptors (Lipinski definition) is 4. The molecular formula is C14H19Cl2N3O3. The molecule has 2 rings (SSSR count). The fourth-order valence-corrected chi connectivity index (χ4v) is 2.55. The molecule has 1 aromatic carbocycles. The van der Waals surface area contributed by atoms with Gasteiger partial charge in [0.25, 0.3) is 0 Å². The maximum absolute atomic E-state index is 12.5. The van der Waals surface area contributed by atoms with Gasteiger partial charge in [-0.3, -0.25) is 9.59 Å². The van der Waals surface area contributed by atoms with E-state index in [1.807, 2.05) is 0 Å². The van der Waals surface area contributed by atoms with E-state index in [9.17, 15) is 9.59 Å². The van der Waals surface area contributed by atoms with Gasteiger partial charge in [0.05, 0.1) is 16.0 Å². The number of benzene rings is 1. The van der Waals surface area contributed by atoms with E-state index in [0.29, 0.717) is 31.7 Å².